The Morgan fingerprint density at radius 1 is 1.06 bits per heavy atom. The van der Waals surface area contributed by atoms with Crippen LogP contribution >= 0.6 is 15.9 Å². The van der Waals surface area contributed by atoms with E-state index in [4.69, 9.17) is 0 Å². The third kappa shape index (κ3) is 1.39. The van der Waals surface area contributed by atoms with Crippen LogP contribution in [0, 0.1) is 0 Å². The van der Waals surface area contributed by atoms with Crippen LogP contribution in [-0.4, -0.2) is 4.98 Å². The molecular weight excluding hydrogens is 286 g/mol. The molecule has 1 aliphatic rings. The van der Waals surface area contributed by atoms with Crippen molar-refractivity contribution in [3.63, 3.8) is 0 Å². The zero-order valence-corrected chi connectivity index (χ0v) is 11.4. The van der Waals surface area contributed by atoms with E-state index in [1.54, 1.807) is 0 Å². The van der Waals surface area contributed by atoms with Crippen molar-refractivity contribution in [2.45, 2.75) is 12.8 Å². The van der Waals surface area contributed by atoms with Gasteiger partial charge in [-0.15, -0.1) is 0 Å². The highest BCUT2D eigenvalue weighted by atomic mass is 79.9. The molecule has 1 N–H and O–H groups in total. The lowest BCUT2D eigenvalue weighted by atomic mass is 9.93. The average molecular weight is 298 g/mol. The summed E-state index contributed by atoms with van der Waals surface area (Å²) in [5.74, 6) is 0. The number of aromatic nitrogens is 1. The second kappa shape index (κ2) is 3.72. The summed E-state index contributed by atoms with van der Waals surface area (Å²) in [5.41, 5.74) is 5.29. The highest BCUT2D eigenvalue weighted by Crippen LogP contribution is 2.34. The first kappa shape index (κ1) is 10.4. The fourth-order valence-corrected chi connectivity index (χ4v) is 3.25. The lowest BCUT2D eigenvalue weighted by Crippen LogP contribution is -1.93. The van der Waals surface area contributed by atoms with Crippen LogP contribution in [0.2, 0.25) is 0 Å². The van der Waals surface area contributed by atoms with Crippen molar-refractivity contribution in [3.05, 3.63) is 52.0 Å². The van der Waals surface area contributed by atoms with Crippen molar-refractivity contribution in [3.8, 4) is 0 Å². The summed E-state index contributed by atoms with van der Waals surface area (Å²) >= 11 is 3.53. The summed E-state index contributed by atoms with van der Waals surface area (Å²) in [7, 11) is 0. The molecule has 18 heavy (non-hydrogen) atoms. The summed E-state index contributed by atoms with van der Waals surface area (Å²) in [6, 6.07) is 10.9. The molecule has 3 aromatic rings. The first-order valence-electron chi connectivity index (χ1n) is 6.22. The largest absolute Gasteiger partial charge is 0.354 e. The Labute approximate surface area is 114 Å². The molecule has 0 saturated heterocycles. The Balaban J connectivity index is 2.21. The lowest BCUT2D eigenvalue weighted by Gasteiger charge is -2.11. The van der Waals surface area contributed by atoms with Crippen LogP contribution < -0.4 is 0 Å². The zero-order valence-electron chi connectivity index (χ0n) is 9.83. The Morgan fingerprint density at radius 2 is 2.00 bits per heavy atom. The van der Waals surface area contributed by atoms with Crippen molar-refractivity contribution in [1.82, 2.24) is 4.98 Å². The van der Waals surface area contributed by atoms with Crippen LogP contribution in [-0.2, 0) is 6.42 Å². The maximum atomic E-state index is 3.53. The van der Waals surface area contributed by atoms with Crippen LogP contribution in [0.15, 0.2) is 40.9 Å². The molecule has 4 rings (SSSR count). The zero-order chi connectivity index (χ0) is 12.1. The molecule has 1 aliphatic carbocycles. The summed E-state index contributed by atoms with van der Waals surface area (Å²) < 4.78 is 1.12. The van der Waals surface area contributed by atoms with Crippen molar-refractivity contribution in [2.75, 3.05) is 0 Å². The highest BCUT2D eigenvalue weighted by molar-refractivity contribution is 9.10. The number of H-pyrrole nitrogens is 1. The number of nitrogens with one attached hydrogen (secondary N) is 1. The minimum atomic E-state index is 1.12. The summed E-state index contributed by atoms with van der Waals surface area (Å²) in [4.78, 5) is 3.51. The molecule has 1 nitrogen and oxygen atoms in total. The van der Waals surface area contributed by atoms with E-state index in [9.17, 15) is 0 Å². The van der Waals surface area contributed by atoms with Gasteiger partial charge >= 0.3 is 0 Å². The third-order valence-corrected chi connectivity index (χ3v) is 4.21. The Bertz CT molecular complexity index is 796. The molecule has 2 heteroatoms. The van der Waals surface area contributed by atoms with Crippen LogP contribution in [0.3, 0.4) is 0 Å². The van der Waals surface area contributed by atoms with E-state index in [-0.39, 0.29) is 0 Å². The van der Waals surface area contributed by atoms with Gasteiger partial charge in [0, 0.05) is 26.3 Å². The molecule has 1 aromatic heterocycles. The number of allylic oxidation sites excluding steroid dienone is 1. The number of rotatable bonds is 0. The smallest absolute Gasteiger partial charge is 0.0476 e. The Hall–Kier alpha value is -1.54. The molecule has 0 amide bonds. The van der Waals surface area contributed by atoms with Gasteiger partial charge < -0.3 is 4.98 Å². The van der Waals surface area contributed by atoms with E-state index in [1.165, 1.54) is 32.9 Å². The molecule has 0 aliphatic heterocycles. The standard InChI is InChI=1S/C16H12BrN/c17-11-6-7-13-15(9-11)18-14-8-5-10-3-1-2-4-12(10)16(13)14/h2,4-9,18H,1,3H2. The summed E-state index contributed by atoms with van der Waals surface area (Å²) in [6.45, 7) is 0. The fourth-order valence-electron chi connectivity index (χ4n) is 2.89. The van der Waals surface area contributed by atoms with E-state index < -0.39 is 0 Å². The number of aryl methyl sites for hydroxylation is 1. The van der Waals surface area contributed by atoms with Crippen LogP contribution in [0.5, 0.6) is 0 Å². The monoisotopic (exact) mass is 297 g/mol. The molecule has 1 heterocycles. The number of halogens is 1. The van der Waals surface area contributed by atoms with Crippen LogP contribution in [0.1, 0.15) is 17.5 Å². The van der Waals surface area contributed by atoms with Crippen LogP contribution in [0.4, 0.5) is 0 Å². The maximum absolute atomic E-state index is 3.53. The molecular formula is C16H12BrN. The first-order valence-corrected chi connectivity index (χ1v) is 7.01. The molecule has 0 radical (unpaired) electrons. The number of hydrogen-bond acceptors (Lipinski definition) is 0. The van der Waals surface area contributed by atoms with Gasteiger partial charge in [0.25, 0.3) is 0 Å². The van der Waals surface area contributed by atoms with Crippen molar-refractivity contribution >= 4 is 43.8 Å². The number of aromatic amines is 1. The lowest BCUT2D eigenvalue weighted by molar-refractivity contribution is 0.990. The predicted octanol–water partition coefficient (Wildman–Crippen LogP) is 5.04. The predicted molar refractivity (Wildman–Crippen MR) is 80.9 cm³/mol. The SMILES string of the molecule is Brc1ccc2c(c1)[nH]c1ccc3c(c12)C=CCC3. The normalized spacial score (nSPS) is 14.3. The Kier molecular flexibility index (Phi) is 2.15. The molecule has 88 valence electrons. The van der Waals surface area contributed by atoms with Crippen LogP contribution in [0.25, 0.3) is 27.9 Å². The Morgan fingerprint density at radius 3 is 2.94 bits per heavy atom. The van der Waals surface area contributed by atoms with E-state index in [0.717, 1.165) is 17.3 Å². The van der Waals surface area contributed by atoms with Gasteiger partial charge in [-0.2, -0.15) is 0 Å². The molecule has 0 saturated carbocycles. The van der Waals surface area contributed by atoms with Gasteiger partial charge in [-0.05, 0) is 42.2 Å². The molecule has 0 spiro atoms. The first-order chi connectivity index (χ1) is 8.83. The highest BCUT2D eigenvalue weighted by Gasteiger charge is 2.12. The van der Waals surface area contributed by atoms with Gasteiger partial charge in [0.15, 0.2) is 0 Å². The molecule has 2 aromatic carbocycles. The number of fused-ring (bicyclic) bond motifs is 5. The van der Waals surface area contributed by atoms with Gasteiger partial charge in [0.1, 0.15) is 0 Å². The second-order valence-electron chi connectivity index (χ2n) is 4.82. The molecule has 0 atom stereocenters. The molecule has 0 unspecified atom stereocenters. The summed E-state index contributed by atoms with van der Waals surface area (Å²) in [6.07, 6.45) is 6.87. The quantitative estimate of drug-likeness (QED) is 0.598. The van der Waals surface area contributed by atoms with Crippen molar-refractivity contribution < 1.29 is 0 Å². The second-order valence-corrected chi connectivity index (χ2v) is 5.73. The number of hydrogen-bond donors (Lipinski definition) is 1. The average Bonchev–Trinajstić information content (AvgIpc) is 2.76. The third-order valence-electron chi connectivity index (χ3n) is 3.72. The van der Waals surface area contributed by atoms with E-state index in [0.29, 0.717) is 0 Å². The minimum absolute atomic E-state index is 1.12. The van der Waals surface area contributed by atoms with Gasteiger partial charge in [-0.1, -0.05) is 40.2 Å². The van der Waals surface area contributed by atoms with Gasteiger partial charge in [0.2, 0.25) is 0 Å². The number of benzene rings is 2. The minimum Gasteiger partial charge on any atom is -0.354 e. The molecule has 0 bridgehead atoms. The van der Waals surface area contributed by atoms with Gasteiger partial charge in [0.05, 0.1) is 0 Å². The van der Waals surface area contributed by atoms with Gasteiger partial charge in [-0.3, -0.25) is 0 Å². The van der Waals surface area contributed by atoms with E-state index in [1.807, 2.05) is 0 Å². The van der Waals surface area contributed by atoms with Gasteiger partial charge in [-0.25, -0.2) is 0 Å². The molecule has 0 fully saturated rings. The van der Waals surface area contributed by atoms with E-state index >= 15 is 0 Å². The van der Waals surface area contributed by atoms with E-state index in [2.05, 4.69) is 63.4 Å². The topological polar surface area (TPSA) is 15.8 Å². The maximum Gasteiger partial charge on any atom is 0.0476 e. The fraction of sp³-hybridized carbons (Fsp3) is 0.125. The van der Waals surface area contributed by atoms with Crippen molar-refractivity contribution in [1.29, 1.82) is 0 Å². The van der Waals surface area contributed by atoms with Crippen molar-refractivity contribution in [2.24, 2.45) is 0 Å². The summed E-state index contributed by atoms with van der Waals surface area (Å²) in [5, 5.41) is 2.68.